The minimum absolute atomic E-state index is 0. The molecule has 5 nitrogen and oxygen atoms in total. The number of nitrogens with one attached hydrogen (secondary N) is 1. The highest BCUT2D eigenvalue weighted by Gasteiger charge is 2.19. The summed E-state index contributed by atoms with van der Waals surface area (Å²) in [6, 6.07) is 5.56. The van der Waals surface area contributed by atoms with Crippen LogP contribution in [0.2, 0.25) is 5.02 Å². The molecule has 1 saturated heterocycles. The molecule has 112 valence electrons. The van der Waals surface area contributed by atoms with Crippen molar-refractivity contribution in [2.45, 2.75) is 6.92 Å². The molecule has 1 amide bonds. The molecule has 1 N–H and O–H groups in total. The highest BCUT2D eigenvalue weighted by atomic mass is 35.5. The Labute approximate surface area is 132 Å². The van der Waals surface area contributed by atoms with Gasteiger partial charge in [0, 0.05) is 26.2 Å². The van der Waals surface area contributed by atoms with E-state index >= 15 is 0 Å². The van der Waals surface area contributed by atoms with Crippen LogP contribution in [0.25, 0.3) is 0 Å². The zero-order valence-corrected chi connectivity index (χ0v) is 13.3. The predicted octanol–water partition coefficient (Wildman–Crippen LogP) is 1.45. The Balaban J connectivity index is 0.000000830. The molecule has 1 aromatic rings. The standard InChI is InChI=1S/C12H15ClN2O.ClH.O2S/c1-9-2-3-10(11(13)8-9)12(16)15-6-4-14-5-7-15;;1-3-2/h2-3,8,14H,4-7H2,1H3;1H;. The number of piperazine rings is 1. The molecular weight excluding hydrogens is 323 g/mol. The number of hydrogen-bond acceptors (Lipinski definition) is 4. The molecule has 1 aromatic carbocycles. The Morgan fingerprint density at radius 2 is 1.85 bits per heavy atom. The van der Waals surface area contributed by atoms with Crippen LogP contribution in [0.5, 0.6) is 0 Å². The third-order valence-corrected chi connectivity index (χ3v) is 3.07. The third-order valence-electron chi connectivity index (χ3n) is 2.76. The molecule has 0 saturated carbocycles. The molecule has 20 heavy (non-hydrogen) atoms. The number of amides is 1. The summed E-state index contributed by atoms with van der Waals surface area (Å²) in [4.78, 5) is 14.0. The lowest BCUT2D eigenvalue weighted by atomic mass is 10.1. The van der Waals surface area contributed by atoms with Crippen molar-refractivity contribution in [1.29, 1.82) is 0 Å². The van der Waals surface area contributed by atoms with Gasteiger partial charge in [0.15, 0.2) is 0 Å². The van der Waals surface area contributed by atoms with Crippen LogP contribution in [0.3, 0.4) is 0 Å². The van der Waals surface area contributed by atoms with Gasteiger partial charge in [0.25, 0.3) is 5.91 Å². The normalized spacial score (nSPS) is 13.6. The minimum Gasteiger partial charge on any atom is -0.336 e. The van der Waals surface area contributed by atoms with Crippen molar-refractivity contribution in [2.24, 2.45) is 0 Å². The van der Waals surface area contributed by atoms with Gasteiger partial charge in [-0.15, -0.1) is 12.4 Å². The van der Waals surface area contributed by atoms with Crippen LogP contribution in [0.15, 0.2) is 18.2 Å². The Morgan fingerprint density at radius 3 is 2.35 bits per heavy atom. The zero-order valence-electron chi connectivity index (χ0n) is 10.9. The number of nitrogens with zero attached hydrogens (tertiary/aromatic N) is 1. The van der Waals surface area contributed by atoms with E-state index < -0.39 is 11.6 Å². The molecular formula is C12H16Cl2N2O3S. The van der Waals surface area contributed by atoms with E-state index in [1.807, 2.05) is 30.0 Å². The maximum atomic E-state index is 12.1. The topological polar surface area (TPSA) is 66.5 Å². The van der Waals surface area contributed by atoms with Crippen molar-refractivity contribution in [3.05, 3.63) is 34.3 Å². The Hall–Kier alpha value is -0.950. The molecule has 1 heterocycles. The molecule has 0 bridgehead atoms. The molecule has 8 heteroatoms. The van der Waals surface area contributed by atoms with Gasteiger partial charge in [0.05, 0.1) is 10.6 Å². The average molecular weight is 339 g/mol. The van der Waals surface area contributed by atoms with Gasteiger partial charge in [0.1, 0.15) is 0 Å². The molecule has 1 aliphatic heterocycles. The lowest BCUT2D eigenvalue weighted by Gasteiger charge is -2.27. The second kappa shape index (κ2) is 9.88. The largest absolute Gasteiger partial charge is 0.336 e. The molecule has 1 aliphatic rings. The summed E-state index contributed by atoms with van der Waals surface area (Å²) in [5.41, 5.74) is 1.68. The molecule has 0 aromatic heterocycles. The van der Waals surface area contributed by atoms with E-state index in [1.165, 1.54) is 0 Å². The van der Waals surface area contributed by atoms with Gasteiger partial charge in [-0.05, 0) is 24.6 Å². The van der Waals surface area contributed by atoms with E-state index in [2.05, 4.69) is 5.32 Å². The Morgan fingerprint density at radius 1 is 1.30 bits per heavy atom. The SMILES string of the molecule is Cc1ccc(C(=O)N2CCNCC2)c(Cl)c1.Cl.O=S=O. The maximum absolute atomic E-state index is 12.1. The van der Waals surface area contributed by atoms with E-state index in [9.17, 15) is 4.79 Å². The third kappa shape index (κ3) is 5.58. The van der Waals surface area contributed by atoms with Crippen molar-refractivity contribution in [3.63, 3.8) is 0 Å². The fourth-order valence-corrected chi connectivity index (χ4v) is 2.15. The molecule has 0 radical (unpaired) electrons. The fraction of sp³-hybridized carbons (Fsp3) is 0.417. The smallest absolute Gasteiger partial charge is 0.335 e. The zero-order chi connectivity index (χ0) is 14.3. The summed E-state index contributed by atoms with van der Waals surface area (Å²) in [5, 5.41) is 3.76. The van der Waals surface area contributed by atoms with Gasteiger partial charge in [-0.2, -0.15) is 8.42 Å². The summed E-state index contributed by atoms with van der Waals surface area (Å²) < 4.78 is 16.6. The first-order valence-electron chi connectivity index (χ1n) is 5.78. The van der Waals surface area contributed by atoms with Crippen molar-refractivity contribution in [1.82, 2.24) is 10.2 Å². The number of carbonyl (C=O) groups excluding carboxylic acids is 1. The highest BCUT2D eigenvalue weighted by molar-refractivity contribution is 7.51. The maximum Gasteiger partial charge on any atom is 0.335 e. The van der Waals surface area contributed by atoms with Gasteiger partial charge in [-0.3, -0.25) is 4.79 Å². The number of rotatable bonds is 1. The van der Waals surface area contributed by atoms with Crippen LogP contribution in [0.1, 0.15) is 15.9 Å². The molecule has 1 fully saturated rings. The summed E-state index contributed by atoms with van der Waals surface area (Å²) >= 11 is 5.33. The molecule has 0 aliphatic carbocycles. The van der Waals surface area contributed by atoms with E-state index in [-0.39, 0.29) is 18.3 Å². The van der Waals surface area contributed by atoms with Gasteiger partial charge in [-0.1, -0.05) is 17.7 Å². The van der Waals surface area contributed by atoms with Crippen LogP contribution < -0.4 is 5.32 Å². The van der Waals surface area contributed by atoms with Crippen LogP contribution >= 0.6 is 24.0 Å². The summed E-state index contributed by atoms with van der Waals surface area (Å²) in [5.74, 6) is 0.0338. The molecule has 0 spiro atoms. The summed E-state index contributed by atoms with van der Waals surface area (Å²) in [6.45, 7) is 5.18. The minimum atomic E-state index is -0.750. The molecule has 0 unspecified atom stereocenters. The van der Waals surface area contributed by atoms with Crippen molar-refractivity contribution >= 4 is 41.5 Å². The van der Waals surface area contributed by atoms with Gasteiger partial charge < -0.3 is 10.2 Å². The first-order valence-corrected chi connectivity index (χ1v) is 6.82. The van der Waals surface area contributed by atoms with Gasteiger partial charge in [-0.25, -0.2) is 0 Å². The molecule has 2 rings (SSSR count). The average Bonchev–Trinajstić information content (AvgIpc) is 2.40. The van der Waals surface area contributed by atoms with E-state index in [0.717, 1.165) is 31.7 Å². The molecule has 0 atom stereocenters. The summed E-state index contributed by atoms with van der Waals surface area (Å²) in [7, 11) is 0. The lowest BCUT2D eigenvalue weighted by molar-refractivity contribution is 0.0736. The second-order valence-corrected chi connectivity index (χ2v) is 4.64. The van der Waals surface area contributed by atoms with Crippen molar-refractivity contribution in [3.8, 4) is 0 Å². The van der Waals surface area contributed by atoms with Crippen molar-refractivity contribution in [2.75, 3.05) is 26.2 Å². The van der Waals surface area contributed by atoms with Gasteiger partial charge in [0.2, 0.25) is 0 Å². The number of benzene rings is 1. The van der Waals surface area contributed by atoms with Gasteiger partial charge >= 0.3 is 11.6 Å². The van der Waals surface area contributed by atoms with Crippen LogP contribution in [-0.4, -0.2) is 45.4 Å². The Kier molecular flexibility index (Phi) is 9.41. The van der Waals surface area contributed by atoms with E-state index in [0.29, 0.717) is 10.6 Å². The Bertz CT molecular complexity index is 488. The van der Waals surface area contributed by atoms with Crippen LogP contribution in [0.4, 0.5) is 0 Å². The lowest BCUT2D eigenvalue weighted by Crippen LogP contribution is -2.46. The number of hydrogen-bond donors (Lipinski definition) is 1. The highest BCUT2D eigenvalue weighted by Crippen LogP contribution is 2.19. The van der Waals surface area contributed by atoms with Crippen LogP contribution in [-0.2, 0) is 11.6 Å². The summed E-state index contributed by atoms with van der Waals surface area (Å²) in [6.07, 6.45) is 0. The van der Waals surface area contributed by atoms with E-state index in [4.69, 9.17) is 20.0 Å². The monoisotopic (exact) mass is 338 g/mol. The van der Waals surface area contributed by atoms with Crippen LogP contribution in [0, 0.1) is 6.92 Å². The number of carbonyl (C=O) groups is 1. The first-order chi connectivity index (χ1) is 9.10. The number of aryl methyl sites for hydroxylation is 1. The number of halogens is 2. The predicted molar refractivity (Wildman–Crippen MR) is 81.1 cm³/mol. The quantitative estimate of drug-likeness (QED) is 0.841. The van der Waals surface area contributed by atoms with Crippen molar-refractivity contribution < 1.29 is 13.2 Å². The fourth-order valence-electron chi connectivity index (χ4n) is 1.83. The second-order valence-electron chi connectivity index (χ2n) is 4.09. The van der Waals surface area contributed by atoms with E-state index in [1.54, 1.807) is 0 Å². The first kappa shape index (κ1) is 19.1.